The van der Waals surface area contributed by atoms with Gasteiger partial charge >= 0.3 is 0 Å². The van der Waals surface area contributed by atoms with Gasteiger partial charge in [0.25, 0.3) is 0 Å². The van der Waals surface area contributed by atoms with Crippen LogP contribution in [0.2, 0.25) is 0 Å². The number of amides is 1. The van der Waals surface area contributed by atoms with E-state index in [0.717, 1.165) is 24.4 Å². The molecule has 0 unspecified atom stereocenters. The molecule has 0 spiro atoms. The van der Waals surface area contributed by atoms with Crippen molar-refractivity contribution in [3.05, 3.63) is 35.1 Å². The average molecular weight is 468 g/mol. The molecular formula is C21H25N9O2S. The molecule has 2 aromatic heterocycles. The van der Waals surface area contributed by atoms with E-state index in [1.165, 1.54) is 24.2 Å². The van der Waals surface area contributed by atoms with Gasteiger partial charge in [-0.3, -0.25) is 20.3 Å². The molecule has 1 saturated carbocycles. The van der Waals surface area contributed by atoms with Crippen molar-refractivity contribution in [2.45, 2.75) is 43.7 Å². The Balaban J connectivity index is 1.30. The fourth-order valence-corrected chi connectivity index (χ4v) is 4.95. The van der Waals surface area contributed by atoms with Crippen LogP contribution in [0.25, 0.3) is 0 Å². The van der Waals surface area contributed by atoms with E-state index in [0.29, 0.717) is 41.6 Å². The van der Waals surface area contributed by atoms with Gasteiger partial charge in [0.2, 0.25) is 11.9 Å². The van der Waals surface area contributed by atoms with Crippen LogP contribution in [-0.2, 0) is 9.53 Å². The standard InChI is InChI=1S/C21H25N9O2S/c1-32-13-9-16(19(31)25-21-22-6-8-33-21)29(11-13)20-24-18(15-3-2-7-30(15)28-20)23-17-10-14(26-27-17)12-4-5-12/h3,6,8,10,12-13,16H,2,4-5,7,9,11H2,1H3,(H,22,25,31)(H2,23,24,26,27,28)/t13-,16+/m1/s1. The molecule has 172 valence electrons. The maximum Gasteiger partial charge on any atom is 0.249 e. The summed E-state index contributed by atoms with van der Waals surface area (Å²) in [5.41, 5.74) is 5.44. The van der Waals surface area contributed by atoms with Crippen molar-refractivity contribution >= 4 is 40.0 Å². The largest absolute Gasteiger partial charge is 0.380 e. The molecule has 0 bridgehead atoms. The molecule has 2 atom stereocenters. The molecule has 6 rings (SSSR count). The predicted molar refractivity (Wildman–Crippen MR) is 124 cm³/mol. The van der Waals surface area contributed by atoms with Crippen LogP contribution in [0.15, 0.2) is 39.4 Å². The number of likely N-dealkylation sites (tertiary alicyclic amines) is 1. The second-order valence-electron chi connectivity index (χ2n) is 8.56. The lowest BCUT2D eigenvalue weighted by Crippen LogP contribution is -2.56. The number of thiazole rings is 1. The zero-order valence-electron chi connectivity index (χ0n) is 18.2. The van der Waals surface area contributed by atoms with Crippen LogP contribution < -0.4 is 10.7 Å². The second-order valence-corrected chi connectivity index (χ2v) is 9.45. The highest BCUT2D eigenvalue weighted by Gasteiger charge is 2.41. The number of rotatable bonds is 5. The van der Waals surface area contributed by atoms with Gasteiger partial charge in [-0.15, -0.1) is 11.3 Å². The first-order valence-electron chi connectivity index (χ1n) is 11.1. The molecule has 3 N–H and O–H groups in total. The molecule has 1 aliphatic carbocycles. The number of aliphatic imine (C=N–C) groups is 2. The Morgan fingerprint density at radius 1 is 1.39 bits per heavy atom. The summed E-state index contributed by atoms with van der Waals surface area (Å²) < 4.78 is 5.60. The summed E-state index contributed by atoms with van der Waals surface area (Å²) in [7, 11) is 1.67. The number of amidine groups is 1. The van der Waals surface area contributed by atoms with Crippen molar-refractivity contribution < 1.29 is 9.53 Å². The SMILES string of the molecule is CO[C@@H]1C[C@@H](C(=O)Nc2nccs2)N(C2=NC(=Nc3cc(C4CC4)[nH]n3)C3=CCCN3N2)C1. The van der Waals surface area contributed by atoms with Gasteiger partial charge < -0.3 is 15.0 Å². The highest BCUT2D eigenvalue weighted by Crippen LogP contribution is 2.40. The monoisotopic (exact) mass is 467 g/mol. The molecule has 1 amide bonds. The van der Waals surface area contributed by atoms with Gasteiger partial charge in [0, 0.05) is 55.9 Å². The van der Waals surface area contributed by atoms with E-state index >= 15 is 0 Å². The smallest absolute Gasteiger partial charge is 0.249 e. The third kappa shape index (κ3) is 4.00. The zero-order valence-corrected chi connectivity index (χ0v) is 19.0. The molecular weight excluding hydrogens is 442 g/mol. The third-order valence-corrected chi connectivity index (χ3v) is 7.00. The molecule has 4 aliphatic rings. The van der Waals surface area contributed by atoms with Crippen molar-refractivity contribution in [2.24, 2.45) is 9.98 Å². The number of fused-ring (bicyclic) bond motifs is 1. The van der Waals surface area contributed by atoms with E-state index in [4.69, 9.17) is 14.7 Å². The molecule has 0 radical (unpaired) electrons. The van der Waals surface area contributed by atoms with Gasteiger partial charge in [0.1, 0.15) is 6.04 Å². The van der Waals surface area contributed by atoms with Crippen molar-refractivity contribution in [1.82, 2.24) is 30.5 Å². The number of nitrogens with one attached hydrogen (secondary N) is 3. The number of aromatic nitrogens is 3. The van der Waals surface area contributed by atoms with Gasteiger partial charge in [-0.1, -0.05) is 6.08 Å². The lowest BCUT2D eigenvalue weighted by Gasteiger charge is -2.35. The van der Waals surface area contributed by atoms with Crippen molar-refractivity contribution in [3.8, 4) is 0 Å². The molecule has 2 fully saturated rings. The lowest BCUT2D eigenvalue weighted by molar-refractivity contribution is -0.119. The Bertz CT molecular complexity index is 1130. The summed E-state index contributed by atoms with van der Waals surface area (Å²) in [6.45, 7) is 1.35. The predicted octanol–water partition coefficient (Wildman–Crippen LogP) is 1.97. The molecule has 12 heteroatoms. The van der Waals surface area contributed by atoms with Crippen LogP contribution in [0, 0.1) is 0 Å². The number of aromatic amines is 1. The zero-order chi connectivity index (χ0) is 22.4. The number of nitrogens with zero attached hydrogens (tertiary/aromatic N) is 6. The first kappa shape index (κ1) is 20.4. The lowest BCUT2D eigenvalue weighted by atomic mass is 10.2. The summed E-state index contributed by atoms with van der Waals surface area (Å²) in [6.07, 6.45) is 7.57. The van der Waals surface area contributed by atoms with Crippen molar-refractivity contribution in [3.63, 3.8) is 0 Å². The molecule has 5 heterocycles. The van der Waals surface area contributed by atoms with E-state index in [1.54, 1.807) is 13.3 Å². The summed E-state index contributed by atoms with van der Waals surface area (Å²) in [4.78, 5) is 28.8. The summed E-state index contributed by atoms with van der Waals surface area (Å²) >= 11 is 1.39. The quantitative estimate of drug-likeness (QED) is 0.614. The molecule has 1 saturated heterocycles. The minimum absolute atomic E-state index is 0.0788. The Kier molecular flexibility index (Phi) is 5.10. The highest BCUT2D eigenvalue weighted by atomic mass is 32.1. The average Bonchev–Trinajstić information content (AvgIpc) is 3.28. The second kappa shape index (κ2) is 8.27. The van der Waals surface area contributed by atoms with Gasteiger partial charge in [0.15, 0.2) is 16.8 Å². The molecule has 11 nitrogen and oxygen atoms in total. The third-order valence-electron chi connectivity index (χ3n) is 6.31. The first-order valence-corrected chi connectivity index (χ1v) is 12.0. The van der Waals surface area contributed by atoms with Gasteiger partial charge in [-0.2, -0.15) is 10.1 Å². The van der Waals surface area contributed by atoms with Crippen LogP contribution in [0.5, 0.6) is 0 Å². The summed E-state index contributed by atoms with van der Waals surface area (Å²) in [5.74, 6) is 2.25. The molecule has 0 aromatic carbocycles. The summed E-state index contributed by atoms with van der Waals surface area (Å²) in [6, 6.07) is 1.56. The van der Waals surface area contributed by atoms with E-state index in [2.05, 4.69) is 32.0 Å². The number of carbonyl (C=O) groups excluding carboxylic acids is 1. The van der Waals surface area contributed by atoms with Gasteiger partial charge in [0.05, 0.1) is 11.8 Å². The van der Waals surface area contributed by atoms with E-state index in [9.17, 15) is 4.79 Å². The number of guanidine groups is 1. The van der Waals surface area contributed by atoms with Crippen LogP contribution in [-0.4, -0.2) is 75.1 Å². The Labute approximate surface area is 194 Å². The Morgan fingerprint density at radius 3 is 3.09 bits per heavy atom. The number of H-pyrrole nitrogens is 1. The number of anilines is 1. The highest BCUT2D eigenvalue weighted by molar-refractivity contribution is 7.13. The molecule has 33 heavy (non-hydrogen) atoms. The van der Waals surface area contributed by atoms with E-state index in [1.807, 2.05) is 21.4 Å². The summed E-state index contributed by atoms with van der Waals surface area (Å²) in [5, 5.41) is 14.8. The normalized spacial score (nSPS) is 25.7. The van der Waals surface area contributed by atoms with E-state index < -0.39 is 6.04 Å². The fourth-order valence-electron chi connectivity index (χ4n) is 4.42. The number of hydrazine groups is 1. The molecule has 2 aromatic rings. The number of hydrogen-bond acceptors (Lipinski definition) is 9. The minimum atomic E-state index is -0.439. The van der Waals surface area contributed by atoms with Gasteiger partial charge in [-0.05, 0) is 19.3 Å². The number of methoxy groups -OCH3 is 1. The maximum atomic E-state index is 13.1. The minimum Gasteiger partial charge on any atom is -0.380 e. The Morgan fingerprint density at radius 2 is 2.30 bits per heavy atom. The number of ether oxygens (including phenoxy) is 1. The molecule has 3 aliphatic heterocycles. The first-order chi connectivity index (χ1) is 16.2. The van der Waals surface area contributed by atoms with Crippen LogP contribution >= 0.6 is 11.3 Å². The van der Waals surface area contributed by atoms with Crippen LogP contribution in [0.1, 0.15) is 37.3 Å². The van der Waals surface area contributed by atoms with Crippen LogP contribution in [0.4, 0.5) is 10.9 Å². The maximum absolute atomic E-state index is 13.1. The van der Waals surface area contributed by atoms with E-state index in [-0.39, 0.29) is 12.0 Å². The number of carbonyl (C=O) groups is 1. The number of hydrogen-bond donors (Lipinski definition) is 3. The Hall–Kier alpha value is -3.25. The van der Waals surface area contributed by atoms with Crippen molar-refractivity contribution in [2.75, 3.05) is 25.5 Å². The van der Waals surface area contributed by atoms with Gasteiger partial charge in [-0.25, -0.2) is 9.98 Å². The van der Waals surface area contributed by atoms with Crippen molar-refractivity contribution in [1.29, 1.82) is 0 Å². The topological polar surface area (TPSA) is 123 Å². The fraction of sp³-hybridized carbons (Fsp3) is 0.476. The van der Waals surface area contributed by atoms with Crippen LogP contribution in [0.3, 0.4) is 0 Å².